The summed E-state index contributed by atoms with van der Waals surface area (Å²) < 4.78 is 2.04. The molecule has 4 N–H and O–H groups in total. The van der Waals surface area contributed by atoms with Crippen LogP contribution in [0.3, 0.4) is 0 Å². The number of anilines is 2. The van der Waals surface area contributed by atoms with Gasteiger partial charge in [0.05, 0.1) is 29.6 Å². The number of benzene rings is 2. The molecule has 3 heterocycles. The number of nitrogens with zero attached hydrogens (tertiary/aromatic N) is 3. The van der Waals surface area contributed by atoms with Gasteiger partial charge in [-0.15, -0.1) is 11.3 Å². The molecule has 0 saturated carbocycles. The number of imidazole rings is 1. The number of rotatable bonds is 4. The highest BCUT2D eigenvalue weighted by atomic mass is 35.5. The lowest BCUT2D eigenvalue weighted by Crippen LogP contribution is -2.42. The molecule has 0 radical (unpaired) electrons. The standard InChI is InChI=1S/C23H22ClN5S/c1-14-4-2-5-17(24)22(14)16(21-6-3-9-30-21)12-28-19-10-15(25)7-8-18(19)29-13-27-11-20(29)23(28)26/h2-11,13,16,23H,12,25-26H2,1H3. The van der Waals surface area contributed by atoms with E-state index in [0.717, 1.165) is 27.7 Å². The van der Waals surface area contributed by atoms with Crippen molar-refractivity contribution in [2.45, 2.75) is 19.0 Å². The first-order valence-corrected chi connectivity index (χ1v) is 11.0. The fraction of sp³-hybridized carbons (Fsp3) is 0.174. The third-order valence-corrected chi connectivity index (χ3v) is 7.08. The lowest BCUT2D eigenvalue weighted by Gasteiger charge is -2.39. The summed E-state index contributed by atoms with van der Waals surface area (Å²) in [6.45, 7) is 2.78. The zero-order valence-corrected chi connectivity index (χ0v) is 18.1. The molecule has 2 unspecified atom stereocenters. The first-order valence-electron chi connectivity index (χ1n) is 9.77. The van der Waals surface area contributed by atoms with Gasteiger partial charge in [-0.3, -0.25) is 4.57 Å². The largest absolute Gasteiger partial charge is 0.399 e. The van der Waals surface area contributed by atoms with E-state index in [0.29, 0.717) is 12.2 Å². The highest BCUT2D eigenvalue weighted by Gasteiger charge is 2.32. The van der Waals surface area contributed by atoms with Crippen molar-refractivity contribution in [3.05, 3.63) is 93.2 Å². The predicted molar refractivity (Wildman–Crippen MR) is 125 cm³/mol. The van der Waals surface area contributed by atoms with Gasteiger partial charge in [-0.1, -0.05) is 29.8 Å². The third kappa shape index (κ3) is 3.08. The molecule has 152 valence electrons. The van der Waals surface area contributed by atoms with Crippen LogP contribution < -0.4 is 16.4 Å². The van der Waals surface area contributed by atoms with Crippen LogP contribution in [0.2, 0.25) is 5.02 Å². The zero-order chi connectivity index (χ0) is 20.8. The number of nitrogen functional groups attached to an aromatic ring is 1. The van der Waals surface area contributed by atoms with Crippen molar-refractivity contribution < 1.29 is 0 Å². The maximum atomic E-state index is 6.75. The summed E-state index contributed by atoms with van der Waals surface area (Å²) in [6, 6.07) is 16.2. The molecule has 5 nitrogen and oxygen atoms in total. The second kappa shape index (κ2) is 7.47. The van der Waals surface area contributed by atoms with Crippen LogP contribution in [0, 0.1) is 6.92 Å². The molecular weight excluding hydrogens is 414 g/mol. The minimum absolute atomic E-state index is 0.0773. The van der Waals surface area contributed by atoms with E-state index in [1.807, 2.05) is 41.1 Å². The monoisotopic (exact) mass is 435 g/mol. The zero-order valence-electron chi connectivity index (χ0n) is 16.5. The highest BCUT2D eigenvalue weighted by molar-refractivity contribution is 7.10. The van der Waals surface area contributed by atoms with Gasteiger partial charge in [0.2, 0.25) is 0 Å². The number of hydrogen-bond donors (Lipinski definition) is 2. The average molecular weight is 436 g/mol. The van der Waals surface area contributed by atoms with Crippen LogP contribution in [-0.4, -0.2) is 16.1 Å². The Kier molecular flexibility index (Phi) is 4.77. The van der Waals surface area contributed by atoms with Gasteiger partial charge in [0.15, 0.2) is 0 Å². The van der Waals surface area contributed by atoms with E-state index in [1.165, 1.54) is 10.4 Å². The molecule has 4 aromatic rings. The van der Waals surface area contributed by atoms with E-state index < -0.39 is 0 Å². The molecule has 2 atom stereocenters. The Morgan fingerprint density at radius 2 is 2.03 bits per heavy atom. The first kappa shape index (κ1) is 19.2. The number of thiophene rings is 1. The predicted octanol–water partition coefficient (Wildman–Crippen LogP) is 5.09. The second-order valence-corrected chi connectivity index (χ2v) is 8.96. The van der Waals surface area contributed by atoms with Crippen molar-refractivity contribution in [1.29, 1.82) is 0 Å². The quantitative estimate of drug-likeness (QED) is 0.438. The Balaban J connectivity index is 1.65. The van der Waals surface area contributed by atoms with Crippen LogP contribution in [-0.2, 0) is 0 Å². The van der Waals surface area contributed by atoms with Gasteiger partial charge in [0, 0.05) is 28.0 Å². The molecule has 0 amide bonds. The molecule has 2 aromatic carbocycles. The molecule has 0 aliphatic carbocycles. The van der Waals surface area contributed by atoms with E-state index in [-0.39, 0.29) is 12.1 Å². The Labute approximate surface area is 184 Å². The number of aryl methyl sites for hydroxylation is 1. The first-order chi connectivity index (χ1) is 14.5. The van der Waals surface area contributed by atoms with Crippen LogP contribution in [0.1, 0.15) is 33.8 Å². The van der Waals surface area contributed by atoms with E-state index in [4.69, 9.17) is 23.1 Å². The highest BCUT2D eigenvalue weighted by Crippen LogP contribution is 2.42. The van der Waals surface area contributed by atoms with Gasteiger partial charge < -0.3 is 16.4 Å². The van der Waals surface area contributed by atoms with Crippen molar-refractivity contribution in [2.24, 2.45) is 5.73 Å². The van der Waals surface area contributed by atoms with E-state index in [9.17, 15) is 0 Å². The molecule has 1 aliphatic heterocycles. The number of fused-ring (bicyclic) bond motifs is 3. The van der Waals surface area contributed by atoms with Crippen molar-refractivity contribution in [3.63, 3.8) is 0 Å². The molecule has 2 aromatic heterocycles. The van der Waals surface area contributed by atoms with Crippen LogP contribution in [0.4, 0.5) is 11.4 Å². The molecule has 30 heavy (non-hydrogen) atoms. The molecule has 0 saturated heterocycles. The van der Waals surface area contributed by atoms with Gasteiger partial charge in [0.25, 0.3) is 0 Å². The molecule has 0 spiro atoms. The SMILES string of the molecule is Cc1cccc(Cl)c1C(CN1c2cc(N)ccc2-n2cncc2C1N)c1cccs1. The second-order valence-electron chi connectivity index (χ2n) is 7.57. The van der Waals surface area contributed by atoms with Crippen molar-refractivity contribution in [3.8, 4) is 5.69 Å². The number of halogens is 1. The fourth-order valence-electron chi connectivity index (χ4n) is 4.32. The maximum absolute atomic E-state index is 6.75. The normalized spacial score (nSPS) is 16.2. The molecule has 0 fully saturated rings. The molecular formula is C23H22ClN5S. The van der Waals surface area contributed by atoms with E-state index in [2.05, 4.69) is 40.4 Å². The van der Waals surface area contributed by atoms with Crippen LogP contribution in [0.25, 0.3) is 5.69 Å². The summed E-state index contributed by atoms with van der Waals surface area (Å²) in [7, 11) is 0. The molecule has 7 heteroatoms. The summed E-state index contributed by atoms with van der Waals surface area (Å²) in [5, 5.41) is 2.88. The number of hydrogen-bond acceptors (Lipinski definition) is 5. The average Bonchev–Trinajstić information content (AvgIpc) is 3.41. The molecule has 5 rings (SSSR count). The van der Waals surface area contributed by atoms with Gasteiger partial charge in [-0.2, -0.15) is 0 Å². The summed E-state index contributed by atoms with van der Waals surface area (Å²) in [6.07, 6.45) is 3.29. The maximum Gasteiger partial charge on any atom is 0.121 e. The van der Waals surface area contributed by atoms with Gasteiger partial charge >= 0.3 is 0 Å². The Hall–Kier alpha value is -2.80. The van der Waals surface area contributed by atoms with Gasteiger partial charge in [0.1, 0.15) is 6.17 Å². The summed E-state index contributed by atoms with van der Waals surface area (Å²) >= 11 is 8.44. The topological polar surface area (TPSA) is 73.1 Å². The molecule has 0 bridgehead atoms. The third-order valence-electron chi connectivity index (χ3n) is 5.76. The van der Waals surface area contributed by atoms with E-state index in [1.54, 1.807) is 17.7 Å². The van der Waals surface area contributed by atoms with E-state index >= 15 is 0 Å². The Bertz CT molecular complexity index is 1180. The van der Waals surface area contributed by atoms with Crippen LogP contribution in [0.15, 0.2) is 66.4 Å². The fourth-order valence-corrected chi connectivity index (χ4v) is 5.50. The Morgan fingerprint density at radius 3 is 2.80 bits per heavy atom. The summed E-state index contributed by atoms with van der Waals surface area (Å²) in [5.41, 5.74) is 18.9. The van der Waals surface area contributed by atoms with Crippen molar-refractivity contribution >= 4 is 34.3 Å². The Morgan fingerprint density at radius 1 is 1.17 bits per heavy atom. The van der Waals surface area contributed by atoms with Gasteiger partial charge in [-0.05, 0) is 53.8 Å². The number of nitrogens with two attached hydrogens (primary N) is 2. The minimum Gasteiger partial charge on any atom is -0.399 e. The lowest BCUT2D eigenvalue weighted by molar-refractivity contribution is 0.576. The summed E-state index contributed by atoms with van der Waals surface area (Å²) in [5.74, 6) is 0.0773. The van der Waals surface area contributed by atoms with Crippen LogP contribution in [0.5, 0.6) is 0 Å². The lowest BCUT2D eigenvalue weighted by atomic mass is 9.92. The minimum atomic E-state index is -0.341. The van der Waals surface area contributed by atoms with Crippen molar-refractivity contribution in [2.75, 3.05) is 17.2 Å². The van der Waals surface area contributed by atoms with Crippen molar-refractivity contribution in [1.82, 2.24) is 9.55 Å². The van der Waals surface area contributed by atoms with Crippen LogP contribution >= 0.6 is 22.9 Å². The van der Waals surface area contributed by atoms with Gasteiger partial charge in [-0.25, -0.2) is 4.98 Å². The number of aromatic nitrogens is 2. The molecule has 1 aliphatic rings. The summed E-state index contributed by atoms with van der Waals surface area (Å²) in [4.78, 5) is 7.80. The smallest absolute Gasteiger partial charge is 0.121 e.